The lowest BCUT2D eigenvalue weighted by atomic mass is 10.1. The zero-order chi connectivity index (χ0) is 13.1. The molecule has 18 heavy (non-hydrogen) atoms. The summed E-state index contributed by atoms with van der Waals surface area (Å²) < 4.78 is 31.2. The van der Waals surface area contributed by atoms with E-state index in [0.29, 0.717) is 10.6 Å². The van der Waals surface area contributed by atoms with Crippen LogP contribution in [0, 0.1) is 11.6 Å². The molecule has 2 rings (SSSR count). The molecule has 0 N–H and O–H groups in total. The van der Waals surface area contributed by atoms with Crippen molar-refractivity contribution in [2.75, 3.05) is 7.11 Å². The molecule has 0 unspecified atom stereocenters. The van der Waals surface area contributed by atoms with Gasteiger partial charge in [0.25, 0.3) is 0 Å². The molecule has 2 nitrogen and oxygen atoms in total. The van der Waals surface area contributed by atoms with Crippen molar-refractivity contribution < 1.29 is 18.3 Å². The van der Waals surface area contributed by atoms with Crippen molar-refractivity contribution in [2.45, 2.75) is 6.42 Å². The van der Waals surface area contributed by atoms with Crippen LogP contribution in [0.4, 0.5) is 8.78 Å². The molecule has 0 saturated carbocycles. The zero-order valence-electron chi connectivity index (χ0n) is 9.57. The minimum Gasteiger partial charge on any atom is -0.495 e. The molecule has 1 aromatic carbocycles. The lowest BCUT2D eigenvalue weighted by Gasteiger charge is -2.03. The Labute approximate surface area is 107 Å². The van der Waals surface area contributed by atoms with Crippen LogP contribution in [-0.4, -0.2) is 12.9 Å². The van der Waals surface area contributed by atoms with Gasteiger partial charge in [-0.25, -0.2) is 8.78 Å². The maximum absolute atomic E-state index is 13.4. The Morgan fingerprint density at radius 1 is 1.33 bits per heavy atom. The SMILES string of the molecule is COc1ccsc1C(=O)Cc1ccc(F)cc1F. The zero-order valence-corrected chi connectivity index (χ0v) is 10.4. The van der Waals surface area contributed by atoms with Crippen LogP contribution in [0.1, 0.15) is 15.2 Å². The fraction of sp³-hybridized carbons (Fsp3) is 0.154. The molecule has 0 saturated heterocycles. The van der Waals surface area contributed by atoms with Crippen molar-refractivity contribution in [1.29, 1.82) is 0 Å². The number of halogens is 2. The van der Waals surface area contributed by atoms with Crippen molar-refractivity contribution in [3.8, 4) is 5.75 Å². The highest BCUT2D eigenvalue weighted by atomic mass is 32.1. The van der Waals surface area contributed by atoms with Gasteiger partial charge in [0.05, 0.1) is 7.11 Å². The molecule has 0 aliphatic rings. The molecule has 0 aliphatic carbocycles. The lowest BCUT2D eigenvalue weighted by molar-refractivity contribution is 0.0993. The Bertz CT molecular complexity index is 578. The molecule has 5 heteroatoms. The number of hydrogen-bond acceptors (Lipinski definition) is 3. The smallest absolute Gasteiger partial charge is 0.181 e. The topological polar surface area (TPSA) is 26.3 Å². The number of ketones is 1. The number of rotatable bonds is 4. The molecule has 1 heterocycles. The van der Waals surface area contributed by atoms with Gasteiger partial charge in [-0.1, -0.05) is 6.07 Å². The lowest BCUT2D eigenvalue weighted by Crippen LogP contribution is -2.05. The van der Waals surface area contributed by atoms with Gasteiger partial charge in [-0.15, -0.1) is 11.3 Å². The van der Waals surface area contributed by atoms with E-state index in [1.807, 2.05) is 0 Å². The van der Waals surface area contributed by atoms with E-state index in [9.17, 15) is 13.6 Å². The molecule has 0 fully saturated rings. The van der Waals surface area contributed by atoms with Gasteiger partial charge in [-0.3, -0.25) is 4.79 Å². The Balaban J connectivity index is 2.21. The number of methoxy groups -OCH3 is 1. The van der Waals surface area contributed by atoms with Gasteiger partial charge in [0.15, 0.2) is 5.78 Å². The quantitative estimate of drug-likeness (QED) is 0.794. The number of thiophene rings is 1. The van der Waals surface area contributed by atoms with Gasteiger partial charge in [0.2, 0.25) is 0 Å². The fourth-order valence-corrected chi connectivity index (χ4v) is 2.38. The molecule has 0 amide bonds. The Kier molecular flexibility index (Phi) is 3.72. The van der Waals surface area contributed by atoms with E-state index in [0.717, 1.165) is 12.1 Å². The summed E-state index contributed by atoms with van der Waals surface area (Å²) in [4.78, 5) is 12.4. The van der Waals surface area contributed by atoms with E-state index in [4.69, 9.17) is 4.74 Å². The third-order valence-corrected chi connectivity index (χ3v) is 3.41. The minimum absolute atomic E-state index is 0.108. The van der Waals surface area contributed by atoms with Crippen molar-refractivity contribution >= 4 is 17.1 Å². The van der Waals surface area contributed by atoms with Crippen molar-refractivity contribution in [2.24, 2.45) is 0 Å². The largest absolute Gasteiger partial charge is 0.495 e. The van der Waals surface area contributed by atoms with Crippen LogP contribution >= 0.6 is 11.3 Å². The predicted octanol–water partition coefficient (Wildman–Crippen LogP) is 3.46. The van der Waals surface area contributed by atoms with Crippen LogP contribution in [-0.2, 0) is 6.42 Å². The summed E-state index contributed by atoms with van der Waals surface area (Å²) in [6.45, 7) is 0. The third-order valence-electron chi connectivity index (χ3n) is 2.47. The summed E-state index contributed by atoms with van der Waals surface area (Å²) >= 11 is 1.24. The number of ether oxygens (including phenoxy) is 1. The van der Waals surface area contributed by atoms with Gasteiger partial charge < -0.3 is 4.74 Å². The Hall–Kier alpha value is -1.75. The summed E-state index contributed by atoms with van der Waals surface area (Å²) in [5.41, 5.74) is 0.178. The number of carbonyl (C=O) groups is 1. The van der Waals surface area contributed by atoms with Crippen molar-refractivity contribution in [1.82, 2.24) is 0 Å². The highest BCUT2D eigenvalue weighted by Gasteiger charge is 2.16. The van der Waals surface area contributed by atoms with Crippen molar-refractivity contribution in [3.05, 3.63) is 51.7 Å². The highest BCUT2D eigenvalue weighted by molar-refractivity contribution is 7.12. The van der Waals surface area contributed by atoms with E-state index in [-0.39, 0.29) is 17.8 Å². The molecule has 0 radical (unpaired) electrons. The second-order valence-electron chi connectivity index (χ2n) is 3.65. The van der Waals surface area contributed by atoms with E-state index in [1.165, 1.54) is 24.5 Å². The van der Waals surface area contributed by atoms with Crippen LogP contribution in [0.25, 0.3) is 0 Å². The maximum Gasteiger partial charge on any atom is 0.181 e. The molecule has 2 aromatic rings. The summed E-state index contributed by atoms with van der Waals surface area (Å²) in [5, 5.41) is 1.73. The Morgan fingerprint density at radius 2 is 2.11 bits per heavy atom. The molecule has 0 bridgehead atoms. The average Bonchev–Trinajstić information content (AvgIpc) is 2.81. The molecular weight excluding hydrogens is 258 g/mol. The number of carbonyl (C=O) groups excluding carboxylic acids is 1. The van der Waals surface area contributed by atoms with Crippen molar-refractivity contribution in [3.63, 3.8) is 0 Å². The van der Waals surface area contributed by atoms with Gasteiger partial charge >= 0.3 is 0 Å². The maximum atomic E-state index is 13.4. The Morgan fingerprint density at radius 3 is 2.78 bits per heavy atom. The second kappa shape index (κ2) is 5.27. The second-order valence-corrected chi connectivity index (χ2v) is 4.57. The van der Waals surface area contributed by atoms with Crippen LogP contribution < -0.4 is 4.74 Å². The van der Waals surface area contributed by atoms with E-state index < -0.39 is 11.6 Å². The molecule has 94 valence electrons. The first-order chi connectivity index (χ1) is 8.61. The molecule has 1 aromatic heterocycles. The predicted molar refractivity (Wildman–Crippen MR) is 65.3 cm³/mol. The first kappa shape index (κ1) is 12.7. The first-order valence-electron chi connectivity index (χ1n) is 5.20. The van der Waals surface area contributed by atoms with Gasteiger partial charge in [0, 0.05) is 12.5 Å². The van der Waals surface area contributed by atoms with Gasteiger partial charge in [-0.05, 0) is 23.1 Å². The number of hydrogen-bond donors (Lipinski definition) is 0. The molecule has 0 aliphatic heterocycles. The van der Waals surface area contributed by atoms with Crippen LogP contribution in [0.2, 0.25) is 0 Å². The molecule has 0 spiro atoms. The van der Waals surface area contributed by atoms with Gasteiger partial charge in [-0.2, -0.15) is 0 Å². The summed E-state index contributed by atoms with van der Waals surface area (Å²) in [6, 6.07) is 4.87. The van der Waals surface area contributed by atoms with Gasteiger partial charge in [0.1, 0.15) is 22.3 Å². The molecule has 0 atom stereocenters. The minimum atomic E-state index is -0.709. The average molecular weight is 268 g/mol. The highest BCUT2D eigenvalue weighted by Crippen LogP contribution is 2.26. The van der Waals surface area contributed by atoms with Crippen LogP contribution in [0.3, 0.4) is 0 Å². The summed E-state index contributed by atoms with van der Waals surface area (Å²) in [5.74, 6) is -1.13. The molecular formula is C13H10F2O2S. The standard InChI is InChI=1S/C13H10F2O2S/c1-17-12-4-5-18-13(12)11(16)6-8-2-3-9(14)7-10(8)15/h2-5,7H,6H2,1H3. The number of benzene rings is 1. The normalized spacial score (nSPS) is 10.4. The third kappa shape index (κ3) is 2.56. The van der Waals surface area contributed by atoms with E-state index >= 15 is 0 Å². The summed E-state index contributed by atoms with van der Waals surface area (Å²) in [7, 11) is 1.47. The van der Waals surface area contributed by atoms with Crippen LogP contribution in [0.15, 0.2) is 29.6 Å². The number of Topliss-reactive ketones (excluding diaryl/α,β-unsaturated/α-hetero) is 1. The van der Waals surface area contributed by atoms with E-state index in [1.54, 1.807) is 11.4 Å². The fourth-order valence-electron chi connectivity index (χ4n) is 1.58. The van der Waals surface area contributed by atoms with Crippen LogP contribution in [0.5, 0.6) is 5.75 Å². The first-order valence-corrected chi connectivity index (χ1v) is 6.08. The summed E-state index contributed by atoms with van der Waals surface area (Å²) in [6.07, 6.45) is -0.108. The monoisotopic (exact) mass is 268 g/mol. The van der Waals surface area contributed by atoms with E-state index in [2.05, 4.69) is 0 Å².